The summed E-state index contributed by atoms with van der Waals surface area (Å²) in [6.45, 7) is 4.56. The minimum absolute atomic E-state index is 0.0297. The number of halogens is 1. The lowest BCUT2D eigenvalue weighted by Gasteiger charge is -2.22. The Hall–Kier alpha value is -2.18. The molecule has 3 rings (SSSR count). The maximum absolute atomic E-state index is 10.9. The molecule has 1 aromatic carbocycles. The van der Waals surface area contributed by atoms with E-state index >= 15 is 0 Å². The van der Waals surface area contributed by atoms with Gasteiger partial charge in [-0.3, -0.25) is 4.90 Å². The third-order valence-electron chi connectivity index (χ3n) is 4.09. The number of carboxylic acid groups (broad SMARTS) is 1. The molecule has 24 heavy (non-hydrogen) atoms. The van der Waals surface area contributed by atoms with E-state index in [1.165, 1.54) is 18.0 Å². The van der Waals surface area contributed by atoms with Gasteiger partial charge in [-0.2, -0.15) is 0 Å². The number of aromatic nitrogens is 2. The standard InChI is InChI=1S/C17H19ClN4O2/c18-14-4-2-13(3-5-14)12-21-6-1-7-22(9-8-21)16-11-19-15(10-20-16)17(23)24/h2-5,10-11H,1,6-9,12H2,(H,23,24). The fraction of sp³-hybridized carbons (Fsp3) is 0.353. The first kappa shape index (κ1) is 16.7. The van der Waals surface area contributed by atoms with E-state index in [9.17, 15) is 4.79 Å². The molecule has 0 amide bonds. The Balaban J connectivity index is 1.60. The Morgan fingerprint density at radius 3 is 2.54 bits per heavy atom. The van der Waals surface area contributed by atoms with Crippen LogP contribution in [-0.2, 0) is 6.54 Å². The molecule has 0 radical (unpaired) electrons. The largest absolute Gasteiger partial charge is 0.476 e. The van der Waals surface area contributed by atoms with Crippen LogP contribution in [0, 0.1) is 0 Å². The third-order valence-corrected chi connectivity index (χ3v) is 4.34. The van der Waals surface area contributed by atoms with Gasteiger partial charge < -0.3 is 10.0 Å². The monoisotopic (exact) mass is 346 g/mol. The van der Waals surface area contributed by atoms with Crippen LogP contribution in [0.15, 0.2) is 36.7 Å². The van der Waals surface area contributed by atoms with Gasteiger partial charge in [-0.05, 0) is 24.1 Å². The summed E-state index contributed by atoms with van der Waals surface area (Å²) >= 11 is 5.93. The van der Waals surface area contributed by atoms with Crippen molar-refractivity contribution in [3.63, 3.8) is 0 Å². The molecule has 6 nitrogen and oxygen atoms in total. The number of rotatable bonds is 4. The second kappa shape index (κ2) is 7.59. The van der Waals surface area contributed by atoms with Gasteiger partial charge in [-0.15, -0.1) is 0 Å². The summed E-state index contributed by atoms with van der Waals surface area (Å²) in [5, 5.41) is 9.65. The molecule has 1 aromatic heterocycles. The van der Waals surface area contributed by atoms with Crippen LogP contribution >= 0.6 is 11.6 Å². The summed E-state index contributed by atoms with van der Waals surface area (Å²) in [5.41, 5.74) is 1.22. The van der Waals surface area contributed by atoms with Gasteiger partial charge in [0.2, 0.25) is 0 Å². The highest BCUT2D eigenvalue weighted by Crippen LogP contribution is 2.16. The van der Waals surface area contributed by atoms with E-state index in [0.29, 0.717) is 0 Å². The second-order valence-electron chi connectivity index (χ2n) is 5.81. The number of hydrogen-bond acceptors (Lipinski definition) is 5. The van der Waals surface area contributed by atoms with Crippen molar-refractivity contribution in [3.8, 4) is 0 Å². The SMILES string of the molecule is O=C(O)c1cnc(N2CCCN(Cc3ccc(Cl)cc3)CC2)cn1. The van der Waals surface area contributed by atoms with Crippen molar-refractivity contribution in [1.82, 2.24) is 14.9 Å². The van der Waals surface area contributed by atoms with Crippen LogP contribution in [-0.4, -0.2) is 52.1 Å². The predicted molar refractivity (Wildman–Crippen MR) is 92.6 cm³/mol. The Bertz CT molecular complexity index is 691. The van der Waals surface area contributed by atoms with E-state index in [-0.39, 0.29) is 5.69 Å². The van der Waals surface area contributed by atoms with E-state index in [1.54, 1.807) is 0 Å². The number of aromatic carboxylic acids is 1. The van der Waals surface area contributed by atoms with Gasteiger partial charge in [0, 0.05) is 37.7 Å². The summed E-state index contributed by atoms with van der Waals surface area (Å²) < 4.78 is 0. The van der Waals surface area contributed by atoms with Gasteiger partial charge in [0.1, 0.15) is 5.82 Å². The highest BCUT2D eigenvalue weighted by Gasteiger charge is 2.17. The Morgan fingerprint density at radius 2 is 1.88 bits per heavy atom. The van der Waals surface area contributed by atoms with E-state index in [1.807, 2.05) is 12.1 Å². The Labute approximate surface area is 145 Å². The van der Waals surface area contributed by atoms with Crippen molar-refractivity contribution >= 4 is 23.4 Å². The molecule has 0 saturated carbocycles. The fourth-order valence-electron chi connectivity index (χ4n) is 2.80. The van der Waals surface area contributed by atoms with Gasteiger partial charge in [0.25, 0.3) is 0 Å². The second-order valence-corrected chi connectivity index (χ2v) is 6.24. The molecule has 0 bridgehead atoms. The van der Waals surface area contributed by atoms with Crippen LogP contribution in [0.25, 0.3) is 0 Å². The normalized spacial score (nSPS) is 16.0. The number of carbonyl (C=O) groups is 1. The molecule has 1 aliphatic heterocycles. The van der Waals surface area contributed by atoms with Gasteiger partial charge in [0.05, 0.1) is 12.4 Å². The van der Waals surface area contributed by atoms with Crippen LogP contribution < -0.4 is 4.90 Å². The lowest BCUT2D eigenvalue weighted by molar-refractivity contribution is 0.0690. The first-order valence-electron chi connectivity index (χ1n) is 7.89. The van der Waals surface area contributed by atoms with Crippen LogP contribution in [0.4, 0.5) is 5.82 Å². The van der Waals surface area contributed by atoms with Gasteiger partial charge in [-0.1, -0.05) is 23.7 Å². The molecule has 0 spiro atoms. The van der Waals surface area contributed by atoms with Crippen molar-refractivity contribution in [2.24, 2.45) is 0 Å². The van der Waals surface area contributed by atoms with Crippen molar-refractivity contribution in [3.05, 3.63) is 52.9 Å². The summed E-state index contributed by atoms with van der Waals surface area (Å²) in [5.74, 6) is -0.326. The van der Waals surface area contributed by atoms with Crippen LogP contribution in [0.5, 0.6) is 0 Å². The highest BCUT2D eigenvalue weighted by molar-refractivity contribution is 6.30. The molecule has 0 atom stereocenters. The van der Waals surface area contributed by atoms with E-state index < -0.39 is 5.97 Å². The van der Waals surface area contributed by atoms with Gasteiger partial charge >= 0.3 is 5.97 Å². The van der Waals surface area contributed by atoms with E-state index in [2.05, 4.69) is 31.9 Å². The predicted octanol–water partition coefficient (Wildman–Crippen LogP) is 2.54. The summed E-state index contributed by atoms with van der Waals surface area (Å²) in [6, 6.07) is 7.95. The van der Waals surface area contributed by atoms with Gasteiger partial charge in [0.15, 0.2) is 5.69 Å². The lowest BCUT2D eigenvalue weighted by atomic mass is 10.2. The van der Waals surface area contributed by atoms with Crippen LogP contribution in [0.3, 0.4) is 0 Å². The van der Waals surface area contributed by atoms with Crippen molar-refractivity contribution in [1.29, 1.82) is 0 Å². The molecule has 0 unspecified atom stereocenters. The number of hydrogen-bond donors (Lipinski definition) is 1. The number of benzene rings is 1. The summed E-state index contributed by atoms with van der Waals surface area (Å²) in [7, 11) is 0. The number of anilines is 1. The third kappa shape index (κ3) is 4.21. The molecule has 1 fully saturated rings. The van der Waals surface area contributed by atoms with Crippen molar-refractivity contribution in [2.75, 3.05) is 31.1 Å². The average molecular weight is 347 g/mol. The molecule has 126 valence electrons. The van der Waals surface area contributed by atoms with Crippen LogP contribution in [0.2, 0.25) is 5.02 Å². The minimum Gasteiger partial charge on any atom is -0.476 e. The molecule has 0 aliphatic carbocycles. The zero-order valence-electron chi connectivity index (χ0n) is 13.2. The minimum atomic E-state index is -1.06. The maximum Gasteiger partial charge on any atom is 0.356 e. The first-order chi connectivity index (χ1) is 11.6. The molecule has 2 aromatic rings. The average Bonchev–Trinajstić information content (AvgIpc) is 2.83. The number of carboxylic acids is 1. The molecule has 1 saturated heterocycles. The Kier molecular flexibility index (Phi) is 5.27. The van der Waals surface area contributed by atoms with Crippen LogP contribution in [0.1, 0.15) is 22.5 Å². The van der Waals surface area contributed by atoms with Crippen molar-refractivity contribution < 1.29 is 9.90 Å². The zero-order valence-corrected chi connectivity index (χ0v) is 14.0. The van der Waals surface area contributed by atoms with Gasteiger partial charge in [-0.25, -0.2) is 14.8 Å². The van der Waals surface area contributed by atoms with E-state index in [0.717, 1.165) is 50.0 Å². The smallest absolute Gasteiger partial charge is 0.356 e. The zero-order chi connectivity index (χ0) is 16.9. The lowest BCUT2D eigenvalue weighted by Crippen LogP contribution is -2.31. The maximum atomic E-state index is 10.9. The topological polar surface area (TPSA) is 69.6 Å². The summed E-state index contributed by atoms with van der Waals surface area (Å²) in [6.07, 6.45) is 3.88. The molecular weight excluding hydrogens is 328 g/mol. The summed E-state index contributed by atoms with van der Waals surface area (Å²) in [4.78, 5) is 23.6. The number of nitrogens with zero attached hydrogens (tertiary/aromatic N) is 4. The molecule has 1 N–H and O–H groups in total. The molecule has 7 heteroatoms. The Morgan fingerprint density at radius 1 is 1.08 bits per heavy atom. The quantitative estimate of drug-likeness (QED) is 0.917. The van der Waals surface area contributed by atoms with Crippen molar-refractivity contribution in [2.45, 2.75) is 13.0 Å². The van der Waals surface area contributed by atoms with E-state index in [4.69, 9.17) is 16.7 Å². The highest BCUT2D eigenvalue weighted by atomic mass is 35.5. The molecule has 2 heterocycles. The first-order valence-corrected chi connectivity index (χ1v) is 8.27. The molecular formula is C17H19ClN4O2. The fourth-order valence-corrected chi connectivity index (χ4v) is 2.93. The molecule has 1 aliphatic rings.